The molecule has 23 rings (SSSR count). The topological polar surface area (TPSA) is 308 Å². The van der Waals surface area contributed by atoms with Crippen LogP contribution in [-0.4, -0.2) is 151 Å². The van der Waals surface area contributed by atoms with Crippen LogP contribution in [0.15, 0.2) is 354 Å². The molecule has 0 spiro atoms. The van der Waals surface area contributed by atoms with Crippen LogP contribution in [0.3, 0.4) is 0 Å². The van der Waals surface area contributed by atoms with Crippen molar-refractivity contribution in [3.8, 4) is 62.0 Å². The van der Waals surface area contributed by atoms with Gasteiger partial charge in [0.1, 0.15) is 11.6 Å². The third-order valence-electron chi connectivity index (χ3n) is 23.8. The van der Waals surface area contributed by atoms with Crippen molar-refractivity contribution in [2.45, 2.75) is 45.0 Å². The van der Waals surface area contributed by atoms with Crippen LogP contribution in [0.2, 0.25) is 0 Å². The second-order valence-corrected chi connectivity index (χ2v) is 33.5. The lowest BCUT2D eigenvalue weighted by Gasteiger charge is -2.28. The molecule has 0 aliphatic carbocycles. The number of aromatic amines is 2. The molecule has 10 aromatic carbocycles. The maximum absolute atomic E-state index is 14.3. The van der Waals surface area contributed by atoms with E-state index in [1.54, 1.807) is 49.2 Å². The highest BCUT2D eigenvalue weighted by Gasteiger charge is 2.44. The number of halogens is 11. The van der Waals surface area contributed by atoms with Crippen molar-refractivity contribution >= 4 is 113 Å². The number of hydrogen-bond acceptors (Lipinski definition) is 21. The first-order chi connectivity index (χ1) is 71.4. The first kappa shape index (κ1) is 97.7. The van der Waals surface area contributed by atoms with Gasteiger partial charge in [-0.1, -0.05) is 109 Å². The predicted octanol–water partition coefficient (Wildman–Crippen LogP) is 24.1. The van der Waals surface area contributed by atoms with E-state index in [-0.39, 0.29) is 47.9 Å². The Morgan fingerprint density at radius 2 is 0.878 bits per heavy atom. The number of nitrogens with one attached hydrogen (secondary N) is 7. The van der Waals surface area contributed by atoms with Gasteiger partial charge in [0.25, 0.3) is 0 Å². The number of ether oxygens (including phenoxy) is 2. The summed E-state index contributed by atoms with van der Waals surface area (Å²) in [6.45, 7) is 7.58. The van der Waals surface area contributed by atoms with Crippen LogP contribution >= 0.6 is 0 Å². The molecular weight excluding hydrogens is 1910 g/mol. The molecule has 13 heterocycles. The van der Waals surface area contributed by atoms with Crippen LogP contribution in [-0.2, 0) is 30.2 Å². The normalized spacial score (nSPS) is 12.2. The maximum Gasteiger partial charge on any atom is 0.461 e. The van der Waals surface area contributed by atoms with Crippen LogP contribution in [0.1, 0.15) is 29.2 Å². The third kappa shape index (κ3) is 23.0. The fourth-order valence-electron chi connectivity index (χ4n) is 16.5. The number of aromatic nitrogens is 17. The summed E-state index contributed by atoms with van der Waals surface area (Å²) in [7, 11) is 0. The van der Waals surface area contributed by atoms with Gasteiger partial charge in [-0.05, 0) is 152 Å². The number of aliphatic hydroxyl groups excluding tert-OH is 2. The second-order valence-electron chi connectivity index (χ2n) is 33.5. The van der Waals surface area contributed by atoms with Crippen LogP contribution < -0.4 is 41.1 Å². The SMILES string of the molecule is CCN(CCO)c1ccc(Nc2nc(-c3ccccc3CO)cn3ccnc23)cc1.FC(F)C(F)(F)Oc1cccc(Nc2nc(-c3cc(C(F)(F)F)cc(C(F)(F)F)c3)cn3ccnc23)c1.Fc1ccccc1-c1cn2ccnc2c(Nc2ccc(N3CCOCC3)cc2)n1.c1ccc(-c2cn3ccnc3c(Nc3ccc4[nH]ccc4c3)n2)cc1.c1ccc(CNc2nc(-c3ccc4[nH]ccc4c3)cn3ccnc23)cc1. The van der Waals surface area contributed by atoms with Crippen molar-refractivity contribution in [2.24, 2.45) is 0 Å². The number of benzene rings is 10. The minimum Gasteiger partial charge on any atom is -0.428 e. The smallest absolute Gasteiger partial charge is 0.428 e. The van der Waals surface area contributed by atoms with Crippen LogP contribution in [0.5, 0.6) is 5.75 Å². The highest BCUT2D eigenvalue weighted by Crippen LogP contribution is 2.42. The van der Waals surface area contributed by atoms with Gasteiger partial charge in [-0.25, -0.2) is 54.2 Å². The molecule has 12 aromatic heterocycles. The molecule has 9 N–H and O–H groups in total. The molecule has 0 atom stereocenters. The number of fused-ring (bicyclic) bond motifs is 7. The summed E-state index contributed by atoms with van der Waals surface area (Å²) in [4.78, 5) is 55.7. The monoisotopic (exact) mass is 1990 g/mol. The van der Waals surface area contributed by atoms with Gasteiger partial charge in [0.05, 0.1) is 66.0 Å². The van der Waals surface area contributed by atoms with Crippen LogP contribution in [0.4, 0.5) is 112 Å². The zero-order valence-electron chi connectivity index (χ0n) is 77.9. The van der Waals surface area contributed by atoms with E-state index in [1.807, 2.05) is 177 Å². The summed E-state index contributed by atoms with van der Waals surface area (Å²) in [6, 6.07) is 72.9. The number of likely N-dealkylation sites (N-methyl/N-ethyl adjacent to an activating group) is 1. The number of alkyl halides is 10. The molecule has 1 aliphatic rings. The summed E-state index contributed by atoms with van der Waals surface area (Å²) in [5, 5.41) is 37.5. The molecule has 742 valence electrons. The first-order valence-corrected chi connectivity index (χ1v) is 46.2. The Balaban J connectivity index is 0.000000116. The van der Waals surface area contributed by atoms with Gasteiger partial charge in [-0.15, -0.1) is 0 Å². The molecule has 39 heteroatoms. The van der Waals surface area contributed by atoms with Gasteiger partial charge in [-0.2, -0.15) is 43.9 Å². The Hall–Kier alpha value is -18.1. The zero-order chi connectivity index (χ0) is 102. The predicted molar refractivity (Wildman–Crippen MR) is 544 cm³/mol. The molecule has 0 bridgehead atoms. The number of nitrogens with zero attached hydrogens (tertiary/aromatic N) is 17. The lowest BCUT2D eigenvalue weighted by molar-refractivity contribution is -0.253. The Morgan fingerprint density at radius 3 is 1.41 bits per heavy atom. The number of aliphatic hydroxyl groups is 2. The molecule has 0 unspecified atom stereocenters. The molecule has 0 radical (unpaired) electrons. The van der Waals surface area contributed by atoms with E-state index in [0.29, 0.717) is 53.8 Å². The van der Waals surface area contributed by atoms with E-state index >= 15 is 0 Å². The Bertz CT molecular complexity index is 8270. The number of rotatable bonds is 25. The highest BCUT2D eigenvalue weighted by molar-refractivity contribution is 5.87. The van der Waals surface area contributed by atoms with Crippen molar-refractivity contribution in [3.63, 3.8) is 0 Å². The van der Waals surface area contributed by atoms with Gasteiger partial charge in [0, 0.05) is 228 Å². The molecule has 147 heavy (non-hydrogen) atoms. The molecule has 0 saturated carbocycles. The quantitative estimate of drug-likeness (QED) is 0.0240. The van der Waals surface area contributed by atoms with Crippen LogP contribution in [0.25, 0.3) is 106 Å². The lowest BCUT2D eigenvalue weighted by atomic mass is 10.0. The van der Waals surface area contributed by atoms with Gasteiger partial charge >= 0.3 is 24.9 Å². The number of hydrogen-bond donors (Lipinski definition) is 9. The molecule has 22 aromatic rings. The average Bonchev–Trinajstić information content (AvgIpc) is 1.55. The summed E-state index contributed by atoms with van der Waals surface area (Å²) in [5.74, 6) is 1.59. The van der Waals surface area contributed by atoms with Crippen molar-refractivity contribution in [1.29, 1.82) is 0 Å². The van der Waals surface area contributed by atoms with E-state index in [4.69, 9.17) is 19.7 Å². The number of imidazole rings is 5. The van der Waals surface area contributed by atoms with Gasteiger partial charge in [0.15, 0.2) is 57.3 Å². The van der Waals surface area contributed by atoms with Crippen LogP contribution in [0, 0.1) is 5.82 Å². The zero-order valence-corrected chi connectivity index (χ0v) is 77.9. The lowest BCUT2D eigenvalue weighted by Crippen LogP contribution is -2.36. The molecule has 1 fully saturated rings. The summed E-state index contributed by atoms with van der Waals surface area (Å²) in [6.07, 6.45) is 10.9. The molecule has 1 aliphatic heterocycles. The second kappa shape index (κ2) is 43.4. The van der Waals surface area contributed by atoms with Gasteiger partial charge in [-0.3, -0.25) is 0 Å². The van der Waals surface area contributed by atoms with E-state index in [2.05, 4.69) is 172 Å². The third-order valence-corrected chi connectivity index (χ3v) is 23.8. The average molecular weight is 2000 g/mol. The standard InChI is InChI=1S/C23H25N5O2.C22H12F10N4O.C22H20FN5O.C21H17N5.C20H15N5/c1-2-27(13-14-29)19-9-7-18(8-10-19)25-22-23-24-11-12-28(23)15-21(26-22)20-6-4-3-5-17(20)16-30;23-19(24)22(31,32)37-15-3-1-2-14(9-15)34-17-18-33-4-5-36(18)10-16(35-17)11-6-12(20(25,26)27)8-13(7-11)21(28,29)30;23-19-4-2-1-3-18(19)20-15-28-10-9-24-22(28)21(26-20)25-16-5-7-17(8-6-16)27-11-13-29-14-12-27;1-2-4-15(5-3-1)13-24-20-21-23-10-11-26(21)14-19(25-20)16-6-7-18-17(12-16)8-9-22-18;1-2-4-14(5-3-1)18-13-25-11-10-22-20(25)19(24-18)23-16-6-7-17-15(12-16)8-9-21-17/h3-12,15,29-30H,2,13-14,16H2,1H3,(H,25,26);1-10,19H,(H,34,35);1-10,15H,11-14H2,(H,25,26);1-12,14,22H,13H2,(H,24,25);1-13,21H,(H,23,24). The van der Waals surface area contributed by atoms with E-state index in [1.165, 1.54) is 45.9 Å². The van der Waals surface area contributed by atoms with Crippen molar-refractivity contribution in [2.75, 3.05) is 82.4 Å². The molecule has 0 amide bonds. The summed E-state index contributed by atoms with van der Waals surface area (Å²) in [5.41, 5.74) is 15.0. The molecular formula is C108H89F11N24O4. The maximum atomic E-state index is 14.3. The van der Waals surface area contributed by atoms with E-state index < -0.39 is 47.3 Å². The number of anilines is 11. The largest absolute Gasteiger partial charge is 0.461 e. The number of H-pyrrole nitrogens is 2. The minimum atomic E-state index is -5.09. The fraction of sp³-hybridized carbons (Fsp3) is 0.130. The van der Waals surface area contributed by atoms with E-state index in [9.17, 15) is 58.5 Å². The van der Waals surface area contributed by atoms with E-state index in [0.717, 1.165) is 164 Å². The van der Waals surface area contributed by atoms with Crippen molar-refractivity contribution in [1.82, 2.24) is 81.8 Å². The molecule has 28 nitrogen and oxygen atoms in total. The van der Waals surface area contributed by atoms with Gasteiger partial charge < -0.3 is 88.0 Å². The van der Waals surface area contributed by atoms with Gasteiger partial charge in [0.2, 0.25) is 0 Å². The fourth-order valence-corrected chi connectivity index (χ4v) is 16.5. The molecule has 1 saturated heterocycles. The summed E-state index contributed by atoms with van der Waals surface area (Å²) < 4.78 is 164. The van der Waals surface area contributed by atoms with Crippen molar-refractivity contribution in [3.05, 3.63) is 382 Å². The first-order valence-electron chi connectivity index (χ1n) is 46.2. The summed E-state index contributed by atoms with van der Waals surface area (Å²) >= 11 is 0. The number of morpholine rings is 1. The Labute approximate surface area is 830 Å². The minimum absolute atomic E-state index is 0.0287. The Kier molecular flexibility index (Phi) is 28.8. The Morgan fingerprint density at radius 1 is 0.429 bits per heavy atom. The van der Waals surface area contributed by atoms with Crippen molar-refractivity contribution < 1.29 is 68.0 Å². The highest BCUT2D eigenvalue weighted by atomic mass is 19.4.